The summed E-state index contributed by atoms with van der Waals surface area (Å²) in [6, 6.07) is 9.18. The van der Waals surface area contributed by atoms with E-state index in [1.54, 1.807) is 29.5 Å². The summed E-state index contributed by atoms with van der Waals surface area (Å²) in [5.41, 5.74) is 2.65. The predicted molar refractivity (Wildman–Crippen MR) is 77.7 cm³/mol. The molecule has 2 N–H and O–H groups in total. The van der Waals surface area contributed by atoms with Crippen LogP contribution in [0.5, 0.6) is 0 Å². The molecule has 0 radical (unpaired) electrons. The van der Waals surface area contributed by atoms with Gasteiger partial charge in [0.15, 0.2) is 0 Å². The predicted octanol–water partition coefficient (Wildman–Crippen LogP) is 2.23. The topological polar surface area (TPSA) is 66.4 Å². The fraction of sp³-hybridized carbons (Fsp3) is 0.200. The molecule has 0 bridgehead atoms. The van der Waals surface area contributed by atoms with E-state index in [2.05, 4.69) is 5.32 Å². The molecule has 4 nitrogen and oxygen atoms in total. The minimum atomic E-state index is -0.858. The Morgan fingerprint density at radius 2 is 1.90 bits per heavy atom. The standard InChI is InChI=1S/C15H15NO3S/c17-14(7-13-4-5-20-10-13)16-9-12-3-1-2-11(6-12)8-15(18)19/h1-6,10H,7-9H2,(H,16,17)(H,18,19). The second-order valence-corrected chi connectivity index (χ2v) is 5.26. The number of aliphatic carboxylic acids is 1. The van der Waals surface area contributed by atoms with E-state index in [9.17, 15) is 9.59 Å². The third-order valence-corrected chi connectivity index (χ3v) is 3.51. The molecule has 0 atom stereocenters. The van der Waals surface area contributed by atoms with Crippen molar-refractivity contribution in [2.45, 2.75) is 19.4 Å². The molecule has 1 aromatic carbocycles. The molecule has 0 fully saturated rings. The van der Waals surface area contributed by atoms with Gasteiger partial charge >= 0.3 is 5.97 Å². The number of hydrogen-bond acceptors (Lipinski definition) is 3. The highest BCUT2D eigenvalue weighted by molar-refractivity contribution is 7.07. The van der Waals surface area contributed by atoms with Crippen LogP contribution in [0.1, 0.15) is 16.7 Å². The number of thiophene rings is 1. The van der Waals surface area contributed by atoms with Crippen LogP contribution in [0.25, 0.3) is 0 Å². The van der Waals surface area contributed by atoms with Crippen molar-refractivity contribution < 1.29 is 14.7 Å². The molecule has 0 unspecified atom stereocenters. The molecule has 0 spiro atoms. The smallest absolute Gasteiger partial charge is 0.307 e. The molecule has 2 aromatic rings. The summed E-state index contributed by atoms with van der Waals surface area (Å²) in [7, 11) is 0. The average Bonchev–Trinajstić information content (AvgIpc) is 2.89. The zero-order valence-corrected chi connectivity index (χ0v) is 11.7. The number of carbonyl (C=O) groups excluding carboxylic acids is 1. The summed E-state index contributed by atoms with van der Waals surface area (Å²) in [4.78, 5) is 22.4. The normalized spacial score (nSPS) is 10.2. The lowest BCUT2D eigenvalue weighted by Gasteiger charge is -2.06. The van der Waals surface area contributed by atoms with E-state index in [4.69, 9.17) is 5.11 Å². The van der Waals surface area contributed by atoms with Crippen LogP contribution in [-0.4, -0.2) is 17.0 Å². The highest BCUT2D eigenvalue weighted by Crippen LogP contribution is 2.08. The van der Waals surface area contributed by atoms with Gasteiger partial charge in [0, 0.05) is 6.54 Å². The Bertz CT molecular complexity index is 593. The summed E-state index contributed by atoms with van der Waals surface area (Å²) in [6.45, 7) is 0.413. The maximum Gasteiger partial charge on any atom is 0.307 e. The lowest BCUT2D eigenvalue weighted by Crippen LogP contribution is -2.24. The largest absolute Gasteiger partial charge is 0.481 e. The number of amides is 1. The van der Waals surface area contributed by atoms with Gasteiger partial charge in [-0.2, -0.15) is 11.3 Å². The van der Waals surface area contributed by atoms with Crippen LogP contribution < -0.4 is 5.32 Å². The minimum absolute atomic E-state index is 0.00328. The first kappa shape index (κ1) is 14.3. The maximum absolute atomic E-state index is 11.7. The fourth-order valence-corrected chi connectivity index (χ4v) is 2.53. The first-order chi connectivity index (χ1) is 9.63. The van der Waals surface area contributed by atoms with Crippen molar-refractivity contribution in [2.24, 2.45) is 0 Å². The van der Waals surface area contributed by atoms with Crippen LogP contribution in [0.2, 0.25) is 0 Å². The zero-order chi connectivity index (χ0) is 14.4. The summed E-state index contributed by atoms with van der Waals surface area (Å²) in [5.74, 6) is -0.893. The molecular formula is C15H15NO3S. The van der Waals surface area contributed by atoms with E-state index in [1.807, 2.05) is 22.9 Å². The van der Waals surface area contributed by atoms with E-state index in [-0.39, 0.29) is 12.3 Å². The molecule has 0 saturated heterocycles. The van der Waals surface area contributed by atoms with Crippen molar-refractivity contribution in [3.8, 4) is 0 Å². The lowest BCUT2D eigenvalue weighted by molar-refractivity contribution is -0.136. The Morgan fingerprint density at radius 3 is 2.60 bits per heavy atom. The molecule has 0 saturated carbocycles. The molecule has 0 aliphatic carbocycles. The molecule has 1 aromatic heterocycles. The number of carboxylic acids is 1. The molecule has 104 valence electrons. The van der Waals surface area contributed by atoms with Gasteiger partial charge < -0.3 is 10.4 Å². The molecule has 0 aliphatic rings. The van der Waals surface area contributed by atoms with Gasteiger partial charge in [-0.15, -0.1) is 0 Å². The molecule has 0 aliphatic heterocycles. The number of rotatable bonds is 6. The van der Waals surface area contributed by atoms with E-state index < -0.39 is 5.97 Å². The number of carboxylic acid groups (broad SMARTS) is 1. The second-order valence-electron chi connectivity index (χ2n) is 4.48. The molecule has 2 rings (SSSR count). The Morgan fingerprint density at radius 1 is 1.10 bits per heavy atom. The van der Waals surface area contributed by atoms with Gasteiger partial charge in [-0.25, -0.2) is 0 Å². The Kier molecular flexibility index (Phi) is 4.90. The van der Waals surface area contributed by atoms with Gasteiger partial charge in [-0.05, 0) is 33.5 Å². The van der Waals surface area contributed by atoms with Gasteiger partial charge in [0.2, 0.25) is 5.91 Å². The molecule has 1 amide bonds. The highest BCUT2D eigenvalue weighted by Gasteiger charge is 2.05. The molecule has 1 heterocycles. The number of nitrogens with one attached hydrogen (secondary N) is 1. The van der Waals surface area contributed by atoms with Crippen LogP contribution in [0.4, 0.5) is 0 Å². The van der Waals surface area contributed by atoms with Crippen LogP contribution >= 0.6 is 11.3 Å². The van der Waals surface area contributed by atoms with Crippen LogP contribution in [0, 0.1) is 0 Å². The quantitative estimate of drug-likeness (QED) is 0.857. The monoisotopic (exact) mass is 289 g/mol. The summed E-state index contributed by atoms with van der Waals surface area (Å²) < 4.78 is 0. The van der Waals surface area contributed by atoms with Crippen molar-refractivity contribution in [3.05, 3.63) is 57.8 Å². The third kappa shape index (κ3) is 4.51. The molecule has 20 heavy (non-hydrogen) atoms. The van der Waals surface area contributed by atoms with Crippen molar-refractivity contribution in [2.75, 3.05) is 0 Å². The van der Waals surface area contributed by atoms with Crippen LogP contribution in [-0.2, 0) is 29.0 Å². The van der Waals surface area contributed by atoms with Gasteiger partial charge in [-0.3, -0.25) is 9.59 Å². The van der Waals surface area contributed by atoms with Crippen LogP contribution in [0.15, 0.2) is 41.1 Å². The maximum atomic E-state index is 11.7. The Hall–Kier alpha value is -2.14. The SMILES string of the molecule is O=C(O)Cc1cccc(CNC(=O)Cc2ccsc2)c1. The molecule has 5 heteroatoms. The number of hydrogen-bond donors (Lipinski definition) is 2. The van der Waals surface area contributed by atoms with Crippen molar-refractivity contribution >= 4 is 23.2 Å². The minimum Gasteiger partial charge on any atom is -0.481 e. The third-order valence-electron chi connectivity index (χ3n) is 2.78. The van der Waals surface area contributed by atoms with E-state index in [0.29, 0.717) is 13.0 Å². The Balaban J connectivity index is 1.87. The first-order valence-electron chi connectivity index (χ1n) is 6.21. The summed E-state index contributed by atoms with van der Waals surface area (Å²) in [6.07, 6.45) is 0.370. The van der Waals surface area contributed by atoms with Gasteiger partial charge in [-0.1, -0.05) is 24.3 Å². The first-order valence-corrected chi connectivity index (χ1v) is 7.15. The van der Waals surface area contributed by atoms with Crippen molar-refractivity contribution in [3.63, 3.8) is 0 Å². The summed E-state index contributed by atoms with van der Waals surface area (Å²) >= 11 is 1.57. The fourth-order valence-electron chi connectivity index (χ4n) is 1.87. The van der Waals surface area contributed by atoms with Gasteiger partial charge in [0.1, 0.15) is 0 Å². The number of carbonyl (C=O) groups is 2. The van der Waals surface area contributed by atoms with E-state index in [1.165, 1.54) is 0 Å². The Labute approximate surface area is 121 Å². The van der Waals surface area contributed by atoms with Gasteiger partial charge in [0.25, 0.3) is 0 Å². The van der Waals surface area contributed by atoms with Gasteiger partial charge in [0.05, 0.1) is 12.8 Å². The summed E-state index contributed by atoms with van der Waals surface area (Å²) in [5, 5.41) is 15.5. The highest BCUT2D eigenvalue weighted by atomic mass is 32.1. The van der Waals surface area contributed by atoms with Crippen molar-refractivity contribution in [1.29, 1.82) is 0 Å². The van der Waals surface area contributed by atoms with Crippen LogP contribution in [0.3, 0.4) is 0 Å². The second kappa shape index (κ2) is 6.86. The zero-order valence-electron chi connectivity index (χ0n) is 10.8. The average molecular weight is 289 g/mol. The molecular weight excluding hydrogens is 274 g/mol. The van der Waals surface area contributed by atoms with E-state index >= 15 is 0 Å². The van der Waals surface area contributed by atoms with E-state index in [0.717, 1.165) is 16.7 Å². The van der Waals surface area contributed by atoms with Crippen molar-refractivity contribution in [1.82, 2.24) is 5.32 Å². The lowest BCUT2D eigenvalue weighted by atomic mass is 10.1. The number of benzene rings is 1.